The minimum atomic E-state index is 0.0240. The van der Waals surface area contributed by atoms with Gasteiger partial charge in [-0.2, -0.15) is 0 Å². The Kier molecular flexibility index (Phi) is 4.89. The van der Waals surface area contributed by atoms with Crippen molar-refractivity contribution in [3.63, 3.8) is 0 Å². The third-order valence-electron chi connectivity index (χ3n) is 5.98. The molecule has 1 amide bonds. The van der Waals surface area contributed by atoms with Gasteiger partial charge in [-0.3, -0.25) is 14.6 Å². The zero-order valence-corrected chi connectivity index (χ0v) is 16.1. The van der Waals surface area contributed by atoms with Gasteiger partial charge in [-0.1, -0.05) is 30.3 Å². The average molecular weight is 365 g/mol. The van der Waals surface area contributed by atoms with Crippen LogP contribution in [0.4, 0.5) is 5.69 Å². The molecule has 2 aliphatic heterocycles. The maximum absolute atomic E-state index is 12.6. The van der Waals surface area contributed by atoms with Crippen molar-refractivity contribution in [2.45, 2.75) is 18.5 Å². The number of hydrogen-bond acceptors (Lipinski definition) is 4. The molecule has 2 aromatic rings. The highest BCUT2D eigenvalue weighted by Crippen LogP contribution is 2.34. The Morgan fingerprint density at radius 1 is 1.04 bits per heavy atom. The molecular formula is C22H27N3O2. The van der Waals surface area contributed by atoms with Gasteiger partial charge in [-0.15, -0.1) is 0 Å². The predicted octanol–water partition coefficient (Wildman–Crippen LogP) is 2.62. The Morgan fingerprint density at radius 3 is 2.48 bits per heavy atom. The molecule has 142 valence electrons. The number of likely N-dealkylation sites (tertiary alicyclic amines) is 1. The summed E-state index contributed by atoms with van der Waals surface area (Å²) in [5.74, 6) is 1.07. The first kappa shape index (κ1) is 18.0. The first-order valence-corrected chi connectivity index (χ1v) is 9.52. The smallest absolute Gasteiger partial charge is 0.241 e. The van der Waals surface area contributed by atoms with E-state index in [0.29, 0.717) is 6.54 Å². The number of methoxy groups -OCH3 is 1. The van der Waals surface area contributed by atoms with E-state index in [9.17, 15) is 4.79 Å². The molecule has 27 heavy (non-hydrogen) atoms. The summed E-state index contributed by atoms with van der Waals surface area (Å²) in [5.41, 5.74) is 2.32. The van der Waals surface area contributed by atoms with Gasteiger partial charge >= 0.3 is 0 Å². The Morgan fingerprint density at radius 2 is 1.78 bits per heavy atom. The summed E-state index contributed by atoms with van der Waals surface area (Å²) >= 11 is 0. The van der Waals surface area contributed by atoms with Crippen LogP contribution in [0.15, 0.2) is 54.6 Å². The van der Waals surface area contributed by atoms with Crippen LogP contribution >= 0.6 is 0 Å². The van der Waals surface area contributed by atoms with Gasteiger partial charge in [0, 0.05) is 31.9 Å². The molecule has 0 N–H and O–H groups in total. The molecular weight excluding hydrogens is 338 g/mol. The maximum atomic E-state index is 12.6. The Hall–Kier alpha value is -2.37. The van der Waals surface area contributed by atoms with Crippen LogP contribution in [-0.2, 0) is 11.3 Å². The second-order valence-electron chi connectivity index (χ2n) is 7.70. The average Bonchev–Trinajstić information content (AvgIpc) is 3.10. The molecule has 0 bridgehead atoms. The summed E-state index contributed by atoms with van der Waals surface area (Å²) in [6.07, 6.45) is 1.08. The third-order valence-corrected chi connectivity index (χ3v) is 5.98. The minimum absolute atomic E-state index is 0.0240. The number of benzene rings is 2. The molecule has 2 heterocycles. The quantitative estimate of drug-likeness (QED) is 0.835. The third kappa shape index (κ3) is 3.57. The number of hydrogen-bond donors (Lipinski definition) is 0. The van der Waals surface area contributed by atoms with Crippen LogP contribution in [0, 0.1) is 0 Å². The van der Waals surface area contributed by atoms with Crippen LogP contribution in [0.1, 0.15) is 12.0 Å². The monoisotopic (exact) mass is 365 g/mol. The highest BCUT2D eigenvalue weighted by molar-refractivity contribution is 5.96. The summed E-state index contributed by atoms with van der Waals surface area (Å²) in [6, 6.07) is 18.3. The van der Waals surface area contributed by atoms with Crippen LogP contribution in [-0.4, -0.2) is 61.6 Å². The van der Waals surface area contributed by atoms with Crippen molar-refractivity contribution in [1.29, 1.82) is 0 Å². The number of para-hydroxylation sites is 1. The molecule has 2 fully saturated rings. The number of ether oxygens (including phenoxy) is 1. The van der Waals surface area contributed by atoms with Gasteiger partial charge in [0.2, 0.25) is 5.91 Å². The van der Waals surface area contributed by atoms with Gasteiger partial charge < -0.3 is 9.64 Å². The van der Waals surface area contributed by atoms with Crippen molar-refractivity contribution in [3.05, 3.63) is 60.2 Å². The lowest BCUT2D eigenvalue weighted by atomic mass is 9.92. The Balaban J connectivity index is 1.48. The second-order valence-corrected chi connectivity index (χ2v) is 7.70. The van der Waals surface area contributed by atoms with Crippen molar-refractivity contribution in [2.24, 2.45) is 0 Å². The lowest BCUT2D eigenvalue weighted by Gasteiger charge is -2.47. The molecule has 2 aromatic carbocycles. The van der Waals surface area contributed by atoms with Crippen LogP contribution in [0.5, 0.6) is 5.75 Å². The van der Waals surface area contributed by atoms with E-state index < -0.39 is 0 Å². The molecule has 0 radical (unpaired) electrons. The first-order chi connectivity index (χ1) is 13.1. The number of carbonyl (C=O) groups excluding carboxylic acids is 1. The lowest BCUT2D eigenvalue weighted by Crippen LogP contribution is -2.64. The van der Waals surface area contributed by atoms with E-state index in [1.165, 1.54) is 5.56 Å². The Bertz CT molecular complexity index is 793. The van der Waals surface area contributed by atoms with Crippen molar-refractivity contribution in [2.75, 3.05) is 45.2 Å². The molecule has 1 atom stereocenters. The van der Waals surface area contributed by atoms with Gasteiger partial charge in [-0.25, -0.2) is 0 Å². The molecule has 2 saturated heterocycles. The summed E-state index contributed by atoms with van der Waals surface area (Å²) < 4.78 is 5.25. The SMILES string of the molecule is COc1ccc(CN2CC[C@@]3(C2)CN(c2ccccc2)C(=O)CN3C)cc1. The molecule has 0 unspecified atom stereocenters. The summed E-state index contributed by atoms with van der Waals surface area (Å²) in [4.78, 5) is 19.4. The van der Waals surface area contributed by atoms with Gasteiger partial charge in [0.05, 0.1) is 19.2 Å². The molecule has 5 nitrogen and oxygen atoms in total. The normalized spacial score (nSPS) is 23.9. The van der Waals surface area contributed by atoms with Crippen molar-refractivity contribution in [1.82, 2.24) is 9.80 Å². The number of amides is 1. The van der Waals surface area contributed by atoms with Crippen LogP contribution < -0.4 is 9.64 Å². The minimum Gasteiger partial charge on any atom is -0.497 e. The summed E-state index contributed by atoms with van der Waals surface area (Å²) in [7, 11) is 3.79. The molecule has 1 spiro atoms. The van der Waals surface area contributed by atoms with Crippen molar-refractivity contribution < 1.29 is 9.53 Å². The fraction of sp³-hybridized carbons (Fsp3) is 0.409. The Labute approximate surface area is 161 Å². The fourth-order valence-electron chi connectivity index (χ4n) is 4.31. The number of nitrogens with zero attached hydrogens (tertiary/aromatic N) is 3. The van der Waals surface area contributed by atoms with E-state index in [2.05, 4.69) is 29.0 Å². The highest BCUT2D eigenvalue weighted by atomic mass is 16.5. The zero-order chi connectivity index (χ0) is 18.9. The standard InChI is InChI=1S/C22H27N3O2/c1-23-15-21(26)25(19-6-4-3-5-7-19)17-22(23)12-13-24(16-22)14-18-8-10-20(27-2)11-9-18/h3-11H,12-17H2,1-2H3/t22-/m1/s1. The van der Waals surface area contributed by atoms with E-state index in [1.54, 1.807) is 7.11 Å². The zero-order valence-electron chi connectivity index (χ0n) is 16.1. The number of likely N-dealkylation sites (N-methyl/N-ethyl adjacent to an activating group) is 1. The fourth-order valence-corrected chi connectivity index (χ4v) is 4.31. The maximum Gasteiger partial charge on any atom is 0.241 e. The second kappa shape index (κ2) is 7.33. The highest BCUT2D eigenvalue weighted by Gasteiger charge is 2.47. The van der Waals surface area contributed by atoms with E-state index >= 15 is 0 Å². The largest absolute Gasteiger partial charge is 0.497 e. The molecule has 2 aliphatic rings. The van der Waals surface area contributed by atoms with Gasteiger partial charge in [0.1, 0.15) is 5.75 Å². The topological polar surface area (TPSA) is 36.0 Å². The number of piperazine rings is 1. The van der Waals surface area contributed by atoms with Crippen LogP contribution in [0.2, 0.25) is 0 Å². The van der Waals surface area contributed by atoms with Crippen LogP contribution in [0.3, 0.4) is 0 Å². The number of carbonyl (C=O) groups is 1. The van der Waals surface area contributed by atoms with E-state index in [-0.39, 0.29) is 11.4 Å². The number of anilines is 1. The first-order valence-electron chi connectivity index (χ1n) is 9.52. The summed E-state index contributed by atoms with van der Waals surface area (Å²) in [6.45, 7) is 4.19. The van der Waals surface area contributed by atoms with Crippen molar-refractivity contribution >= 4 is 11.6 Å². The van der Waals surface area contributed by atoms with Gasteiger partial charge in [0.25, 0.3) is 0 Å². The molecule has 0 aromatic heterocycles. The molecule has 5 heteroatoms. The van der Waals surface area contributed by atoms with E-state index in [0.717, 1.165) is 44.0 Å². The molecule has 4 rings (SSSR count). The van der Waals surface area contributed by atoms with E-state index in [1.807, 2.05) is 47.4 Å². The lowest BCUT2D eigenvalue weighted by molar-refractivity contribution is -0.123. The number of rotatable bonds is 4. The van der Waals surface area contributed by atoms with E-state index in [4.69, 9.17) is 4.74 Å². The predicted molar refractivity (Wildman–Crippen MR) is 107 cm³/mol. The molecule has 0 saturated carbocycles. The van der Waals surface area contributed by atoms with Crippen molar-refractivity contribution in [3.8, 4) is 5.75 Å². The van der Waals surface area contributed by atoms with Gasteiger partial charge in [0.15, 0.2) is 0 Å². The van der Waals surface area contributed by atoms with Gasteiger partial charge in [-0.05, 0) is 43.3 Å². The van der Waals surface area contributed by atoms with Crippen LogP contribution in [0.25, 0.3) is 0 Å². The summed E-state index contributed by atoms with van der Waals surface area (Å²) in [5, 5.41) is 0. The molecule has 0 aliphatic carbocycles.